The summed E-state index contributed by atoms with van der Waals surface area (Å²) < 4.78 is 1.75. The number of benzene rings is 2. The number of nitrogens with zero attached hydrogens (tertiary/aromatic N) is 4. The van der Waals surface area contributed by atoms with Crippen LogP contribution in [0.15, 0.2) is 54.6 Å². The Morgan fingerprint density at radius 1 is 1.03 bits per heavy atom. The SMILES string of the molecule is CNCC1CCN(C(=O)c2nnn(-c3ccc(-c4ccccc4)cc3)c2C)CC1. The first-order valence-corrected chi connectivity index (χ1v) is 10.2. The molecule has 4 rings (SSSR count). The number of aromatic nitrogens is 3. The van der Waals surface area contributed by atoms with E-state index in [-0.39, 0.29) is 5.91 Å². The van der Waals surface area contributed by atoms with Crippen LogP contribution in [0.3, 0.4) is 0 Å². The van der Waals surface area contributed by atoms with Crippen LogP contribution in [0.25, 0.3) is 16.8 Å². The van der Waals surface area contributed by atoms with Crippen molar-refractivity contribution in [2.24, 2.45) is 5.92 Å². The molecule has 0 bridgehead atoms. The van der Waals surface area contributed by atoms with Gasteiger partial charge < -0.3 is 10.2 Å². The maximum Gasteiger partial charge on any atom is 0.276 e. The summed E-state index contributed by atoms with van der Waals surface area (Å²) in [6, 6.07) is 18.4. The molecule has 0 spiro atoms. The summed E-state index contributed by atoms with van der Waals surface area (Å²) in [5, 5.41) is 11.7. The molecule has 3 aromatic rings. The van der Waals surface area contributed by atoms with E-state index in [1.165, 1.54) is 5.56 Å². The molecule has 1 aromatic heterocycles. The van der Waals surface area contributed by atoms with E-state index in [0.717, 1.165) is 49.4 Å². The van der Waals surface area contributed by atoms with Crippen LogP contribution < -0.4 is 5.32 Å². The number of nitrogens with one attached hydrogen (secondary N) is 1. The standard InChI is InChI=1S/C23H27N5O/c1-17-22(23(29)27-14-12-18(13-15-27)16-24-2)25-26-28(17)21-10-8-20(9-11-21)19-6-4-3-5-7-19/h3-11,18,24H,12-16H2,1-2H3. The first kappa shape index (κ1) is 19.3. The minimum Gasteiger partial charge on any atom is -0.337 e. The highest BCUT2D eigenvalue weighted by Crippen LogP contribution is 2.23. The van der Waals surface area contributed by atoms with Crippen LogP contribution in [0, 0.1) is 12.8 Å². The second kappa shape index (κ2) is 8.57. The van der Waals surface area contributed by atoms with E-state index >= 15 is 0 Å². The Kier molecular flexibility index (Phi) is 5.71. The number of carbonyl (C=O) groups is 1. The zero-order valence-corrected chi connectivity index (χ0v) is 17.0. The van der Waals surface area contributed by atoms with E-state index < -0.39 is 0 Å². The largest absolute Gasteiger partial charge is 0.337 e. The lowest BCUT2D eigenvalue weighted by molar-refractivity contribution is 0.0684. The summed E-state index contributed by atoms with van der Waals surface area (Å²) in [6.07, 6.45) is 2.06. The molecule has 0 atom stereocenters. The summed E-state index contributed by atoms with van der Waals surface area (Å²) in [4.78, 5) is 14.9. The molecule has 2 aromatic carbocycles. The molecule has 2 heterocycles. The van der Waals surface area contributed by atoms with Crippen molar-refractivity contribution in [3.63, 3.8) is 0 Å². The zero-order chi connectivity index (χ0) is 20.2. The van der Waals surface area contributed by atoms with Crippen LogP contribution >= 0.6 is 0 Å². The number of rotatable bonds is 5. The van der Waals surface area contributed by atoms with Crippen molar-refractivity contribution < 1.29 is 4.79 Å². The number of likely N-dealkylation sites (tertiary alicyclic amines) is 1. The van der Waals surface area contributed by atoms with Gasteiger partial charge in [0.25, 0.3) is 5.91 Å². The predicted molar refractivity (Wildman–Crippen MR) is 114 cm³/mol. The molecule has 0 radical (unpaired) electrons. The normalized spacial score (nSPS) is 14.9. The van der Waals surface area contributed by atoms with Crippen LogP contribution in [0.1, 0.15) is 29.0 Å². The average Bonchev–Trinajstić information content (AvgIpc) is 3.16. The van der Waals surface area contributed by atoms with Crippen LogP contribution in [0.4, 0.5) is 0 Å². The predicted octanol–water partition coefficient (Wildman–Crippen LogP) is 3.31. The minimum absolute atomic E-state index is 0.0161. The van der Waals surface area contributed by atoms with Crippen LogP contribution in [-0.4, -0.2) is 52.5 Å². The van der Waals surface area contributed by atoms with E-state index in [9.17, 15) is 4.79 Å². The molecule has 1 aliphatic heterocycles. The molecule has 6 heteroatoms. The van der Waals surface area contributed by atoms with Gasteiger partial charge in [-0.2, -0.15) is 0 Å². The number of piperidine rings is 1. The highest BCUT2D eigenvalue weighted by molar-refractivity contribution is 5.93. The van der Waals surface area contributed by atoms with E-state index in [0.29, 0.717) is 11.6 Å². The van der Waals surface area contributed by atoms with Gasteiger partial charge in [0.1, 0.15) is 0 Å². The number of carbonyl (C=O) groups excluding carboxylic acids is 1. The lowest BCUT2D eigenvalue weighted by atomic mass is 9.96. The second-order valence-corrected chi connectivity index (χ2v) is 7.64. The fraction of sp³-hybridized carbons (Fsp3) is 0.348. The Morgan fingerprint density at radius 3 is 2.34 bits per heavy atom. The number of hydrogen-bond acceptors (Lipinski definition) is 4. The van der Waals surface area contributed by atoms with Crippen molar-refractivity contribution in [1.29, 1.82) is 0 Å². The van der Waals surface area contributed by atoms with Gasteiger partial charge >= 0.3 is 0 Å². The molecule has 0 unspecified atom stereocenters. The maximum absolute atomic E-state index is 13.0. The van der Waals surface area contributed by atoms with E-state index in [1.807, 2.05) is 49.2 Å². The maximum atomic E-state index is 13.0. The third-order valence-corrected chi connectivity index (χ3v) is 5.71. The van der Waals surface area contributed by atoms with Gasteiger partial charge in [0.2, 0.25) is 0 Å². The molecule has 0 aliphatic carbocycles. The van der Waals surface area contributed by atoms with E-state index in [4.69, 9.17) is 0 Å². The first-order valence-electron chi connectivity index (χ1n) is 10.2. The molecular formula is C23H27N5O. The molecular weight excluding hydrogens is 362 g/mol. The van der Waals surface area contributed by atoms with Gasteiger partial charge in [0.05, 0.1) is 11.4 Å². The fourth-order valence-electron chi connectivity index (χ4n) is 3.98. The molecule has 150 valence electrons. The minimum atomic E-state index is -0.0161. The van der Waals surface area contributed by atoms with Gasteiger partial charge in [0.15, 0.2) is 5.69 Å². The summed E-state index contributed by atoms with van der Waals surface area (Å²) >= 11 is 0. The van der Waals surface area contributed by atoms with Gasteiger partial charge in [-0.3, -0.25) is 4.79 Å². The Balaban J connectivity index is 1.49. The van der Waals surface area contributed by atoms with Crippen molar-refractivity contribution in [3.8, 4) is 16.8 Å². The smallest absolute Gasteiger partial charge is 0.276 e. The first-order chi connectivity index (χ1) is 14.2. The van der Waals surface area contributed by atoms with Gasteiger partial charge in [-0.1, -0.05) is 47.7 Å². The lowest BCUT2D eigenvalue weighted by Gasteiger charge is -2.31. The Hall–Kier alpha value is -2.99. The summed E-state index contributed by atoms with van der Waals surface area (Å²) in [5.74, 6) is 0.626. The van der Waals surface area contributed by atoms with Crippen LogP contribution in [-0.2, 0) is 0 Å². The quantitative estimate of drug-likeness (QED) is 0.727. The van der Waals surface area contributed by atoms with E-state index in [1.54, 1.807) is 4.68 Å². The van der Waals surface area contributed by atoms with Gasteiger partial charge in [-0.05, 0) is 62.5 Å². The number of amides is 1. The molecule has 1 fully saturated rings. The summed E-state index contributed by atoms with van der Waals surface area (Å²) in [6.45, 7) is 4.48. The number of hydrogen-bond donors (Lipinski definition) is 1. The van der Waals surface area contributed by atoms with Crippen LogP contribution in [0.5, 0.6) is 0 Å². The van der Waals surface area contributed by atoms with Gasteiger partial charge in [-0.25, -0.2) is 4.68 Å². The third kappa shape index (κ3) is 4.07. The Bertz CT molecular complexity index is 957. The third-order valence-electron chi connectivity index (χ3n) is 5.71. The Labute approximate surface area is 171 Å². The summed E-state index contributed by atoms with van der Waals surface area (Å²) in [5.41, 5.74) is 4.45. The summed E-state index contributed by atoms with van der Waals surface area (Å²) in [7, 11) is 1.98. The average molecular weight is 390 g/mol. The molecule has 29 heavy (non-hydrogen) atoms. The van der Waals surface area contributed by atoms with Gasteiger partial charge in [0, 0.05) is 13.1 Å². The highest BCUT2D eigenvalue weighted by atomic mass is 16.2. The monoisotopic (exact) mass is 389 g/mol. The van der Waals surface area contributed by atoms with Crippen molar-refractivity contribution >= 4 is 5.91 Å². The molecule has 1 aliphatic rings. The topological polar surface area (TPSA) is 63.1 Å². The molecule has 1 amide bonds. The fourth-order valence-corrected chi connectivity index (χ4v) is 3.98. The Morgan fingerprint density at radius 2 is 1.69 bits per heavy atom. The van der Waals surface area contributed by atoms with Crippen molar-refractivity contribution in [1.82, 2.24) is 25.2 Å². The molecule has 1 N–H and O–H groups in total. The van der Waals surface area contributed by atoms with Crippen molar-refractivity contribution in [3.05, 3.63) is 66.0 Å². The van der Waals surface area contributed by atoms with E-state index in [2.05, 4.69) is 39.9 Å². The molecule has 1 saturated heterocycles. The lowest BCUT2D eigenvalue weighted by Crippen LogP contribution is -2.40. The van der Waals surface area contributed by atoms with Gasteiger partial charge in [-0.15, -0.1) is 5.10 Å². The van der Waals surface area contributed by atoms with Crippen molar-refractivity contribution in [2.75, 3.05) is 26.7 Å². The molecule has 6 nitrogen and oxygen atoms in total. The van der Waals surface area contributed by atoms with Crippen LogP contribution in [0.2, 0.25) is 0 Å². The van der Waals surface area contributed by atoms with Crippen molar-refractivity contribution in [2.45, 2.75) is 19.8 Å². The molecule has 0 saturated carbocycles. The highest BCUT2D eigenvalue weighted by Gasteiger charge is 2.27. The second-order valence-electron chi connectivity index (χ2n) is 7.64. The zero-order valence-electron chi connectivity index (χ0n) is 17.0.